The average molecular weight is 257 g/mol. The molecule has 0 heterocycles. The minimum atomic E-state index is -3.75. The fourth-order valence-electron chi connectivity index (χ4n) is 1.18. The molecule has 0 aliphatic heterocycles. The smallest absolute Gasteiger partial charge is 0.270 e. The quantitative estimate of drug-likeness (QED) is 0.854. The van der Waals surface area contributed by atoms with Crippen LogP contribution >= 0.6 is 0 Å². The molecule has 5 nitrogen and oxygen atoms in total. The molecular weight excluding hydrogens is 245 g/mol. The van der Waals surface area contributed by atoms with Crippen molar-refractivity contribution in [2.45, 2.75) is 19.9 Å². The van der Waals surface area contributed by atoms with Gasteiger partial charge in [-0.2, -0.15) is 18.4 Å². The second kappa shape index (κ2) is 5.12. The molecule has 0 unspecified atom stereocenters. The largest absolute Gasteiger partial charge is 0.299 e. The van der Waals surface area contributed by atoms with Crippen molar-refractivity contribution >= 4 is 15.9 Å². The van der Waals surface area contributed by atoms with Gasteiger partial charge in [0.25, 0.3) is 10.2 Å². The van der Waals surface area contributed by atoms with E-state index in [0.717, 1.165) is 12.1 Å². The molecule has 0 bridgehead atoms. The zero-order valence-corrected chi connectivity index (χ0v) is 10.2. The molecule has 0 saturated heterocycles. The first kappa shape index (κ1) is 13.4. The highest BCUT2D eigenvalue weighted by Gasteiger charge is 2.14. The highest BCUT2D eigenvalue weighted by Crippen LogP contribution is 2.16. The van der Waals surface area contributed by atoms with Crippen LogP contribution < -0.4 is 9.44 Å². The van der Waals surface area contributed by atoms with Gasteiger partial charge in [-0.05, 0) is 32.0 Å². The van der Waals surface area contributed by atoms with E-state index < -0.39 is 16.0 Å². The van der Waals surface area contributed by atoms with Crippen LogP contribution in [0.1, 0.15) is 19.4 Å². The number of nitrogens with zero attached hydrogens (tertiary/aromatic N) is 1. The fraction of sp³-hybridized carbons (Fsp3) is 0.300. The summed E-state index contributed by atoms with van der Waals surface area (Å²) in [4.78, 5) is 0. The van der Waals surface area contributed by atoms with Crippen molar-refractivity contribution in [1.29, 1.82) is 5.26 Å². The van der Waals surface area contributed by atoms with Crippen LogP contribution in [0.2, 0.25) is 0 Å². The molecule has 0 aliphatic carbocycles. The summed E-state index contributed by atoms with van der Waals surface area (Å²) in [7, 11) is -3.75. The molecule has 17 heavy (non-hydrogen) atoms. The summed E-state index contributed by atoms with van der Waals surface area (Å²) in [6, 6.07) is 4.68. The van der Waals surface area contributed by atoms with Gasteiger partial charge in [-0.3, -0.25) is 4.72 Å². The summed E-state index contributed by atoms with van der Waals surface area (Å²) >= 11 is 0. The van der Waals surface area contributed by atoms with Crippen LogP contribution in [0.3, 0.4) is 0 Å². The van der Waals surface area contributed by atoms with E-state index in [2.05, 4.69) is 9.44 Å². The number of rotatable bonds is 4. The Bertz CT molecular complexity index is 549. The molecular formula is C10H12FN3O2S. The second-order valence-electron chi connectivity index (χ2n) is 3.68. The highest BCUT2D eigenvalue weighted by molar-refractivity contribution is 7.90. The Morgan fingerprint density at radius 2 is 2.06 bits per heavy atom. The Morgan fingerprint density at radius 3 is 2.59 bits per heavy atom. The van der Waals surface area contributed by atoms with Crippen molar-refractivity contribution in [3.05, 3.63) is 29.6 Å². The predicted molar refractivity (Wildman–Crippen MR) is 61.9 cm³/mol. The molecule has 0 aromatic heterocycles. The number of nitriles is 1. The van der Waals surface area contributed by atoms with Crippen molar-refractivity contribution in [3.63, 3.8) is 0 Å². The molecule has 0 amide bonds. The van der Waals surface area contributed by atoms with Gasteiger partial charge in [-0.25, -0.2) is 4.39 Å². The van der Waals surface area contributed by atoms with Crippen LogP contribution in [0.4, 0.5) is 10.1 Å². The van der Waals surface area contributed by atoms with Gasteiger partial charge >= 0.3 is 0 Å². The third kappa shape index (κ3) is 4.01. The lowest BCUT2D eigenvalue weighted by Gasteiger charge is -2.12. The van der Waals surface area contributed by atoms with Crippen molar-refractivity contribution < 1.29 is 12.8 Å². The Morgan fingerprint density at radius 1 is 1.41 bits per heavy atom. The third-order valence-corrected chi connectivity index (χ3v) is 3.01. The van der Waals surface area contributed by atoms with Crippen LogP contribution in [0, 0.1) is 17.1 Å². The van der Waals surface area contributed by atoms with Crippen molar-refractivity contribution in [3.8, 4) is 6.07 Å². The Balaban J connectivity index is 3.01. The van der Waals surface area contributed by atoms with E-state index >= 15 is 0 Å². The van der Waals surface area contributed by atoms with Crippen molar-refractivity contribution in [2.24, 2.45) is 0 Å². The molecule has 0 saturated carbocycles. The number of nitrogens with one attached hydrogen (secondary N) is 2. The van der Waals surface area contributed by atoms with Gasteiger partial charge in [0.2, 0.25) is 0 Å². The number of anilines is 1. The van der Waals surface area contributed by atoms with Crippen LogP contribution in [0.25, 0.3) is 0 Å². The van der Waals surface area contributed by atoms with Crippen LogP contribution in [-0.2, 0) is 10.2 Å². The first-order chi connectivity index (χ1) is 7.84. The molecule has 92 valence electrons. The van der Waals surface area contributed by atoms with E-state index in [0.29, 0.717) is 0 Å². The molecule has 0 fully saturated rings. The number of hydrogen-bond acceptors (Lipinski definition) is 3. The fourth-order valence-corrected chi connectivity index (χ4v) is 2.33. The second-order valence-corrected chi connectivity index (χ2v) is 5.13. The third-order valence-electron chi connectivity index (χ3n) is 1.74. The predicted octanol–water partition coefficient (Wildman–Crippen LogP) is 1.35. The number of hydrogen-bond donors (Lipinski definition) is 2. The van der Waals surface area contributed by atoms with E-state index in [9.17, 15) is 12.8 Å². The van der Waals surface area contributed by atoms with Crippen LogP contribution in [0.5, 0.6) is 0 Å². The zero-order chi connectivity index (χ0) is 13.1. The van der Waals surface area contributed by atoms with Crippen molar-refractivity contribution in [1.82, 2.24) is 4.72 Å². The molecule has 1 rings (SSSR count). The van der Waals surface area contributed by atoms with Gasteiger partial charge in [-0.15, -0.1) is 0 Å². The maximum Gasteiger partial charge on any atom is 0.299 e. The zero-order valence-electron chi connectivity index (χ0n) is 9.36. The first-order valence-corrected chi connectivity index (χ1v) is 6.32. The van der Waals surface area contributed by atoms with Gasteiger partial charge in [0.1, 0.15) is 11.9 Å². The van der Waals surface area contributed by atoms with Crippen LogP contribution in [-0.4, -0.2) is 14.5 Å². The van der Waals surface area contributed by atoms with E-state index in [-0.39, 0.29) is 17.3 Å². The average Bonchev–Trinajstić information content (AvgIpc) is 2.18. The lowest BCUT2D eigenvalue weighted by atomic mass is 10.2. The Kier molecular flexibility index (Phi) is 4.04. The summed E-state index contributed by atoms with van der Waals surface area (Å²) < 4.78 is 40.4. The van der Waals surface area contributed by atoms with Crippen LogP contribution in [0.15, 0.2) is 18.2 Å². The molecule has 0 atom stereocenters. The van der Waals surface area contributed by atoms with Gasteiger partial charge in [0.15, 0.2) is 0 Å². The first-order valence-electron chi connectivity index (χ1n) is 4.84. The van der Waals surface area contributed by atoms with E-state index in [1.807, 2.05) is 0 Å². The SMILES string of the molecule is CC(C)NS(=O)(=O)Nc1ccc(F)cc1C#N. The molecule has 7 heteroatoms. The summed E-state index contributed by atoms with van der Waals surface area (Å²) in [6.07, 6.45) is 0. The molecule has 0 radical (unpaired) electrons. The highest BCUT2D eigenvalue weighted by atomic mass is 32.2. The maximum absolute atomic E-state index is 12.8. The van der Waals surface area contributed by atoms with Gasteiger partial charge in [0, 0.05) is 6.04 Å². The molecule has 1 aromatic carbocycles. The number of halogens is 1. The monoisotopic (exact) mass is 257 g/mol. The van der Waals surface area contributed by atoms with Crippen molar-refractivity contribution in [2.75, 3.05) is 4.72 Å². The maximum atomic E-state index is 12.8. The lowest BCUT2D eigenvalue weighted by molar-refractivity contribution is 0.575. The molecule has 1 aromatic rings. The van der Waals surface area contributed by atoms with Gasteiger partial charge < -0.3 is 0 Å². The summed E-state index contributed by atoms with van der Waals surface area (Å²) in [5.41, 5.74) is -0.0267. The standard InChI is InChI=1S/C10H12FN3O2S/c1-7(2)13-17(15,16)14-10-4-3-9(11)5-8(10)6-12/h3-5,7,13-14H,1-2H3. The molecule has 2 N–H and O–H groups in total. The molecule has 0 spiro atoms. The molecule has 0 aliphatic rings. The van der Waals surface area contributed by atoms with E-state index in [1.165, 1.54) is 6.07 Å². The summed E-state index contributed by atoms with van der Waals surface area (Å²) in [5.74, 6) is -0.596. The summed E-state index contributed by atoms with van der Waals surface area (Å²) in [5, 5.41) is 8.75. The summed E-state index contributed by atoms with van der Waals surface area (Å²) in [6.45, 7) is 3.32. The van der Waals surface area contributed by atoms with E-state index in [1.54, 1.807) is 19.9 Å². The van der Waals surface area contributed by atoms with Gasteiger partial charge in [0.05, 0.1) is 11.3 Å². The minimum Gasteiger partial charge on any atom is -0.270 e. The topological polar surface area (TPSA) is 82.0 Å². The van der Waals surface area contributed by atoms with E-state index in [4.69, 9.17) is 5.26 Å². The number of benzene rings is 1. The minimum absolute atomic E-state index is 0.0436. The normalized spacial score (nSPS) is 11.2. The Hall–Kier alpha value is -1.65. The Labute approximate surface area is 99.4 Å². The lowest BCUT2D eigenvalue weighted by Crippen LogP contribution is -2.35. The van der Waals surface area contributed by atoms with Gasteiger partial charge in [-0.1, -0.05) is 0 Å².